The van der Waals surface area contributed by atoms with Crippen molar-refractivity contribution in [3.8, 4) is 5.75 Å². The fraction of sp³-hybridized carbons (Fsp3) is 0.182. The maximum absolute atomic E-state index is 11.4. The van der Waals surface area contributed by atoms with Gasteiger partial charge in [-0.25, -0.2) is 9.89 Å². The number of benzene rings is 1. The molecule has 0 radical (unpaired) electrons. The summed E-state index contributed by atoms with van der Waals surface area (Å²) in [5.74, 6) is 0.711. The van der Waals surface area contributed by atoms with Gasteiger partial charge >= 0.3 is 5.69 Å². The number of nitrogens with zero attached hydrogens (tertiary/aromatic N) is 1. The molecule has 0 aliphatic heterocycles. The standard InChI is InChI=1S/C11H11N3O3/c1-17-8-4-2-3-7(5-8)6-9-10(15)12-11(16)14-13-9/h2-5H,6H2,1H3,(H2,12,14,15,16). The molecule has 1 aromatic carbocycles. The third-order valence-corrected chi connectivity index (χ3v) is 2.29. The maximum atomic E-state index is 11.4. The van der Waals surface area contributed by atoms with Gasteiger partial charge in [-0.2, -0.15) is 5.10 Å². The van der Waals surface area contributed by atoms with E-state index in [0.717, 1.165) is 5.56 Å². The molecule has 0 aliphatic carbocycles. The van der Waals surface area contributed by atoms with E-state index in [1.54, 1.807) is 7.11 Å². The Balaban J connectivity index is 2.31. The van der Waals surface area contributed by atoms with E-state index < -0.39 is 11.2 Å². The van der Waals surface area contributed by atoms with E-state index >= 15 is 0 Å². The van der Waals surface area contributed by atoms with Gasteiger partial charge in [0, 0.05) is 6.42 Å². The average molecular weight is 233 g/mol. The summed E-state index contributed by atoms with van der Waals surface area (Å²) in [7, 11) is 1.57. The van der Waals surface area contributed by atoms with E-state index in [-0.39, 0.29) is 5.69 Å². The monoisotopic (exact) mass is 233 g/mol. The van der Waals surface area contributed by atoms with Gasteiger partial charge in [0.05, 0.1) is 7.11 Å². The largest absolute Gasteiger partial charge is 0.497 e. The number of nitrogens with one attached hydrogen (secondary N) is 2. The molecular formula is C11H11N3O3. The first kappa shape index (κ1) is 11.1. The highest BCUT2D eigenvalue weighted by molar-refractivity contribution is 5.30. The molecule has 1 aromatic heterocycles. The minimum Gasteiger partial charge on any atom is -0.497 e. The normalized spacial score (nSPS) is 10.2. The second-order valence-electron chi connectivity index (χ2n) is 3.48. The molecule has 0 spiro atoms. The molecule has 6 nitrogen and oxygen atoms in total. The van der Waals surface area contributed by atoms with Gasteiger partial charge in [-0.05, 0) is 17.7 Å². The molecule has 0 atom stereocenters. The van der Waals surface area contributed by atoms with Crippen LogP contribution in [0.15, 0.2) is 33.9 Å². The zero-order chi connectivity index (χ0) is 12.3. The van der Waals surface area contributed by atoms with Crippen molar-refractivity contribution >= 4 is 0 Å². The Bertz CT molecular complexity index is 630. The van der Waals surface area contributed by atoms with Crippen molar-refractivity contribution in [2.24, 2.45) is 0 Å². The fourth-order valence-electron chi connectivity index (χ4n) is 1.47. The van der Waals surface area contributed by atoms with Crippen LogP contribution in [0.3, 0.4) is 0 Å². The smallest absolute Gasteiger partial charge is 0.342 e. The van der Waals surface area contributed by atoms with Crippen LogP contribution in [-0.4, -0.2) is 22.3 Å². The molecule has 0 bridgehead atoms. The van der Waals surface area contributed by atoms with Crippen molar-refractivity contribution in [2.75, 3.05) is 7.11 Å². The topological polar surface area (TPSA) is 87.8 Å². The summed E-state index contributed by atoms with van der Waals surface area (Å²) < 4.78 is 5.08. The molecular weight excluding hydrogens is 222 g/mol. The zero-order valence-corrected chi connectivity index (χ0v) is 9.19. The maximum Gasteiger partial charge on any atom is 0.342 e. The quantitative estimate of drug-likeness (QED) is 0.784. The van der Waals surface area contributed by atoms with Gasteiger partial charge in [0.15, 0.2) is 0 Å². The molecule has 0 aliphatic rings. The summed E-state index contributed by atoms with van der Waals surface area (Å²) in [4.78, 5) is 24.4. The number of hydrogen-bond donors (Lipinski definition) is 2. The van der Waals surface area contributed by atoms with Crippen molar-refractivity contribution in [3.05, 3.63) is 56.4 Å². The lowest BCUT2D eigenvalue weighted by molar-refractivity contribution is 0.414. The Morgan fingerprint density at radius 1 is 1.35 bits per heavy atom. The Kier molecular flexibility index (Phi) is 3.04. The van der Waals surface area contributed by atoms with E-state index in [2.05, 4.69) is 15.2 Å². The number of rotatable bonds is 3. The predicted molar refractivity (Wildman–Crippen MR) is 61.3 cm³/mol. The number of aromatic nitrogens is 3. The van der Waals surface area contributed by atoms with E-state index in [1.165, 1.54) is 0 Å². The summed E-state index contributed by atoms with van der Waals surface area (Å²) in [6.45, 7) is 0. The molecule has 0 saturated heterocycles. The molecule has 17 heavy (non-hydrogen) atoms. The van der Waals surface area contributed by atoms with Crippen LogP contribution < -0.4 is 16.0 Å². The number of aromatic amines is 2. The predicted octanol–water partition coefficient (Wildman–Crippen LogP) is 0.0576. The lowest BCUT2D eigenvalue weighted by Gasteiger charge is -2.03. The zero-order valence-electron chi connectivity index (χ0n) is 9.19. The molecule has 0 saturated carbocycles. The van der Waals surface area contributed by atoms with Crippen molar-refractivity contribution in [3.63, 3.8) is 0 Å². The average Bonchev–Trinajstić information content (AvgIpc) is 2.33. The Morgan fingerprint density at radius 2 is 2.18 bits per heavy atom. The minimum atomic E-state index is -0.607. The molecule has 2 N–H and O–H groups in total. The Labute approximate surface area is 96.3 Å². The van der Waals surface area contributed by atoms with Crippen LogP contribution >= 0.6 is 0 Å². The van der Waals surface area contributed by atoms with E-state index in [1.807, 2.05) is 24.3 Å². The number of ether oxygens (including phenoxy) is 1. The van der Waals surface area contributed by atoms with Crippen LogP contribution in [-0.2, 0) is 6.42 Å². The number of methoxy groups -OCH3 is 1. The van der Waals surface area contributed by atoms with Crippen molar-refractivity contribution in [1.82, 2.24) is 15.2 Å². The van der Waals surface area contributed by atoms with Crippen LogP contribution in [0.4, 0.5) is 0 Å². The van der Waals surface area contributed by atoms with Crippen LogP contribution in [0.5, 0.6) is 5.75 Å². The SMILES string of the molecule is COc1cccc(Cc2n[nH]c(=O)[nH]c2=O)c1. The molecule has 0 amide bonds. The van der Waals surface area contributed by atoms with Gasteiger partial charge < -0.3 is 4.74 Å². The van der Waals surface area contributed by atoms with E-state index in [4.69, 9.17) is 4.74 Å². The second-order valence-corrected chi connectivity index (χ2v) is 3.48. The molecule has 0 unspecified atom stereocenters. The van der Waals surface area contributed by atoms with Crippen LogP contribution in [0, 0.1) is 0 Å². The summed E-state index contributed by atoms with van der Waals surface area (Å²) in [5.41, 5.74) is 0.0632. The number of hydrogen-bond acceptors (Lipinski definition) is 4. The highest BCUT2D eigenvalue weighted by Gasteiger charge is 2.04. The Hall–Kier alpha value is -2.37. The van der Waals surface area contributed by atoms with Gasteiger partial charge in [-0.15, -0.1) is 0 Å². The third-order valence-electron chi connectivity index (χ3n) is 2.29. The van der Waals surface area contributed by atoms with Gasteiger partial charge in [0.1, 0.15) is 11.4 Å². The first-order valence-corrected chi connectivity index (χ1v) is 5.00. The second kappa shape index (κ2) is 4.65. The first-order chi connectivity index (χ1) is 8.19. The molecule has 1 heterocycles. The lowest BCUT2D eigenvalue weighted by Crippen LogP contribution is -2.27. The minimum absolute atomic E-state index is 0.262. The van der Waals surface area contributed by atoms with Crippen molar-refractivity contribution in [2.45, 2.75) is 6.42 Å². The third kappa shape index (κ3) is 2.60. The molecule has 6 heteroatoms. The van der Waals surface area contributed by atoms with Gasteiger partial charge in [-0.3, -0.25) is 9.78 Å². The summed E-state index contributed by atoms with van der Waals surface area (Å²) in [6, 6.07) is 7.31. The fourth-order valence-corrected chi connectivity index (χ4v) is 1.47. The number of H-pyrrole nitrogens is 2. The summed E-state index contributed by atoms with van der Waals surface area (Å²) >= 11 is 0. The van der Waals surface area contributed by atoms with Crippen LogP contribution in [0.2, 0.25) is 0 Å². The summed E-state index contributed by atoms with van der Waals surface area (Å²) in [6.07, 6.45) is 0.337. The van der Waals surface area contributed by atoms with Gasteiger partial charge in [0.2, 0.25) is 0 Å². The molecule has 0 fully saturated rings. The van der Waals surface area contributed by atoms with Gasteiger partial charge in [0.25, 0.3) is 5.56 Å². The van der Waals surface area contributed by atoms with Gasteiger partial charge in [-0.1, -0.05) is 12.1 Å². The molecule has 88 valence electrons. The molecule has 2 rings (SSSR count). The van der Waals surface area contributed by atoms with E-state index in [0.29, 0.717) is 12.2 Å². The first-order valence-electron chi connectivity index (χ1n) is 5.00. The highest BCUT2D eigenvalue weighted by atomic mass is 16.5. The van der Waals surface area contributed by atoms with Crippen molar-refractivity contribution < 1.29 is 4.74 Å². The molecule has 2 aromatic rings. The lowest BCUT2D eigenvalue weighted by atomic mass is 10.1. The highest BCUT2D eigenvalue weighted by Crippen LogP contribution is 2.13. The van der Waals surface area contributed by atoms with E-state index in [9.17, 15) is 9.59 Å². The Morgan fingerprint density at radius 3 is 2.88 bits per heavy atom. The van der Waals surface area contributed by atoms with Crippen molar-refractivity contribution in [1.29, 1.82) is 0 Å². The summed E-state index contributed by atoms with van der Waals surface area (Å²) in [5, 5.41) is 5.90. The van der Waals surface area contributed by atoms with Crippen LogP contribution in [0.1, 0.15) is 11.3 Å². The van der Waals surface area contributed by atoms with Crippen LogP contribution in [0.25, 0.3) is 0 Å².